The number of fused-ring (bicyclic) bond motifs is 1. The van der Waals surface area contributed by atoms with E-state index >= 15 is 0 Å². The van der Waals surface area contributed by atoms with Gasteiger partial charge in [0, 0.05) is 31.9 Å². The second-order valence-electron chi connectivity index (χ2n) is 8.65. The van der Waals surface area contributed by atoms with E-state index in [-0.39, 0.29) is 29.2 Å². The Hall–Kier alpha value is -2.94. The molecule has 1 fully saturated rings. The van der Waals surface area contributed by atoms with Gasteiger partial charge in [-0.2, -0.15) is 5.10 Å². The molecule has 1 spiro atoms. The lowest BCUT2D eigenvalue weighted by Crippen LogP contribution is -2.40. The third-order valence-corrected chi connectivity index (χ3v) is 6.56. The fourth-order valence-electron chi connectivity index (χ4n) is 4.64. The van der Waals surface area contributed by atoms with E-state index in [1.165, 1.54) is 25.3 Å². The van der Waals surface area contributed by atoms with Gasteiger partial charge >= 0.3 is 5.97 Å². The smallest absolute Gasteiger partial charge is 0.338 e. The van der Waals surface area contributed by atoms with Crippen LogP contribution in [0.5, 0.6) is 5.75 Å². The van der Waals surface area contributed by atoms with Crippen molar-refractivity contribution in [1.29, 1.82) is 0 Å². The number of methoxy groups -OCH3 is 1. The summed E-state index contributed by atoms with van der Waals surface area (Å²) in [7, 11) is 1.34. The maximum absolute atomic E-state index is 13.6. The molecule has 2 aromatic rings. The van der Waals surface area contributed by atoms with Crippen molar-refractivity contribution < 1.29 is 28.2 Å². The van der Waals surface area contributed by atoms with E-state index in [4.69, 9.17) is 19.3 Å². The number of aryl methyl sites for hydroxylation is 2. The minimum Gasteiger partial charge on any atom is -0.494 e. The number of amides is 1. The number of halogens is 1. The molecule has 4 rings (SSSR count). The summed E-state index contributed by atoms with van der Waals surface area (Å²) in [6.07, 6.45) is 3.75. The van der Waals surface area contributed by atoms with E-state index in [0.717, 1.165) is 30.5 Å². The fourth-order valence-corrected chi connectivity index (χ4v) is 4.64. The number of carbonyl (C=O) groups is 2. The molecule has 1 saturated heterocycles. The van der Waals surface area contributed by atoms with Crippen molar-refractivity contribution in [3.63, 3.8) is 0 Å². The number of hydrogen-bond donors (Lipinski definition) is 1. The highest BCUT2D eigenvalue weighted by Crippen LogP contribution is 2.37. The molecule has 0 saturated carbocycles. The number of nitrogens with zero attached hydrogens (tertiary/aromatic N) is 2. The van der Waals surface area contributed by atoms with E-state index in [9.17, 15) is 14.0 Å². The van der Waals surface area contributed by atoms with Crippen LogP contribution in [0.4, 0.5) is 4.39 Å². The quantitative estimate of drug-likeness (QED) is 0.506. The molecule has 0 atom stereocenters. The zero-order valence-electron chi connectivity index (χ0n) is 19.1. The molecule has 178 valence electrons. The largest absolute Gasteiger partial charge is 0.494 e. The average molecular weight is 460 g/mol. The monoisotopic (exact) mass is 459 g/mol. The van der Waals surface area contributed by atoms with Gasteiger partial charge in [0.15, 0.2) is 11.6 Å². The number of hydrogen-bond acceptors (Lipinski definition) is 6. The Kier molecular flexibility index (Phi) is 6.97. The van der Waals surface area contributed by atoms with Crippen molar-refractivity contribution in [2.45, 2.75) is 45.6 Å². The molecule has 8 nitrogen and oxygen atoms in total. The number of ether oxygens (including phenoxy) is 3. The van der Waals surface area contributed by atoms with Crippen molar-refractivity contribution in [3.05, 3.63) is 46.5 Å². The fraction of sp³-hybridized carbons (Fsp3) is 0.542. The van der Waals surface area contributed by atoms with Crippen LogP contribution in [0.15, 0.2) is 18.2 Å². The Morgan fingerprint density at radius 2 is 2.12 bits per heavy atom. The average Bonchev–Trinajstić information content (AvgIpc) is 3.11. The third-order valence-electron chi connectivity index (χ3n) is 6.56. The van der Waals surface area contributed by atoms with Crippen LogP contribution in [-0.2, 0) is 28.9 Å². The molecule has 1 aromatic heterocycles. The number of rotatable bonds is 7. The predicted octanol–water partition coefficient (Wildman–Crippen LogP) is 2.92. The van der Waals surface area contributed by atoms with Crippen LogP contribution in [0.25, 0.3) is 0 Å². The number of nitrogens with one attached hydrogen (secondary N) is 1. The standard InChI is InChI=1S/C24H30FN3O5/c1-3-28-21-17(14-24(15-26-22(21)29)8-11-32-12-9-24)19(27-28)5-4-10-33-23(30)16-6-7-18(25)20(13-16)31-2/h6-7,13H,3-5,8-12,14-15H2,1-2H3,(H,26,29). The Morgan fingerprint density at radius 1 is 1.33 bits per heavy atom. The van der Waals surface area contributed by atoms with Crippen LogP contribution in [0, 0.1) is 11.2 Å². The predicted molar refractivity (Wildman–Crippen MR) is 118 cm³/mol. The van der Waals surface area contributed by atoms with E-state index in [2.05, 4.69) is 5.32 Å². The van der Waals surface area contributed by atoms with Crippen LogP contribution < -0.4 is 10.1 Å². The number of aromatic nitrogens is 2. The van der Waals surface area contributed by atoms with Gasteiger partial charge in [0.05, 0.1) is 25.0 Å². The first-order valence-corrected chi connectivity index (χ1v) is 11.4. The van der Waals surface area contributed by atoms with E-state index in [0.29, 0.717) is 44.8 Å². The SMILES string of the molecule is CCn1nc(CCCOC(=O)c2ccc(F)c(OC)c2)c2c1C(=O)NCC1(CCOCC1)C2. The molecule has 2 aliphatic rings. The van der Waals surface area contributed by atoms with Crippen molar-refractivity contribution in [1.82, 2.24) is 15.1 Å². The summed E-state index contributed by atoms with van der Waals surface area (Å²) < 4.78 is 31.2. The van der Waals surface area contributed by atoms with Gasteiger partial charge in [-0.05, 0) is 62.6 Å². The van der Waals surface area contributed by atoms with Crippen LogP contribution in [0.3, 0.4) is 0 Å². The summed E-state index contributed by atoms with van der Waals surface area (Å²) >= 11 is 0. The second-order valence-corrected chi connectivity index (χ2v) is 8.65. The summed E-state index contributed by atoms with van der Waals surface area (Å²) in [5, 5.41) is 7.81. The van der Waals surface area contributed by atoms with Gasteiger partial charge < -0.3 is 19.5 Å². The lowest BCUT2D eigenvalue weighted by molar-refractivity contribution is 0.0160. The first kappa shape index (κ1) is 23.2. The molecule has 0 aliphatic carbocycles. The molecule has 33 heavy (non-hydrogen) atoms. The summed E-state index contributed by atoms with van der Waals surface area (Å²) in [6, 6.07) is 3.88. The maximum atomic E-state index is 13.6. The number of benzene rings is 1. The number of esters is 1. The molecule has 0 unspecified atom stereocenters. The first-order valence-electron chi connectivity index (χ1n) is 11.4. The van der Waals surface area contributed by atoms with Crippen molar-refractivity contribution in [2.24, 2.45) is 5.41 Å². The highest BCUT2D eigenvalue weighted by atomic mass is 19.1. The zero-order valence-corrected chi connectivity index (χ0v) is 19.1. The van der Waals surface area contributed by atoms with Gasteiger partial charge in [-0.15, -0.1) is 0 Å². The normalized spacial score (nSPS) is 17.2. The zero-order chi connectivity index (χ0) is 23.4. The summed E-state index contributed by atoms with van der Waals surface area (Å²) in [4.78, 5) is 25.2. The van der Waals surface area contributed by atoms with Gasteiger partial charge in [0.1, 0.15) is 5.69 Å². The maximum Gasteiger partial charge on any atom is 0.338 e. The summed E-state index contributed by atoms with van der Waals surface area (Å²) in [5.41, 5.74) is 2.75. The summed E-state index contributed by atoms with van der Waals surface area (Å²) in [5.74, 6) is -1.15. The molecule has 3 heterocycles. The van der Waals surface area contributed by atoms with Gasteiger partial charge in [0.2, 0.25) is 0 Å². The highest BCUT2D eigenvalue weighted by Gasteiger charge is 2.39. The Labute approximate surface area is 192 Å². The van der Waals surface area contributed by atoms with E-state index in [1.807, 2.05) is 6.92 Å². The van der Waals surface area contributed by atoms with Crippen molar-refractivity contribution >= 4 is 11.9 Å². The Balaban J connectivity index is 1.43. The molecular weight excluding hydrogens is 429 g/mol. The molecular formula is C24H30FN3O5. The molecule has 1 amide bonds. The van der Waals surface area contributed by atoms with Crippen molar-refractivity contribution in [3.8, 4) is 5.75 Å². The number of carbonyl (C=O) groups excluding carboxylic acids is 2. The molecule has 2 aliphatic heterocycles. The Bertz CT molecular complexity index is 1030. The van der Waals surface area contributed by atoms with Gasteiger partial charge in [-0.1, -0.05) is 0 Å². The molecule has 0 radical (unpaired) electrons. The highest BCUT2D eigenvalue weighted by molar-refractivity contribution is 5.94. The van der Waals surface area contributed by atoms with Gasteiger partial charge in [-0.25, -0.2) is 9.18 Å². The topological polar surface area (TPSA) is 91.7 Å². The van der Waals surface area contributed by atoms with Crippen LogP contribution in [0.2, 0.25) is 0 Å². The second kappa shape index (κ2) is 9.91. The lowest BCUT2D eigenvalue weighted by atomic mass is 9.75. The van der Waals surface area contributed by atoms with Crippen LogP contribution >= 0.6 is 0 Å². The molecule has 0 bridgehead atoms. The molecule has 9 heteroatoms. The minimum atomic E-state index is -0.535. The van der Waals surface area contributed by atoms with Crippen LogP contribution in [-0.4, -0.2) is 55.1 Å². The van der Waals surface area contributed by atoms with E-state index in [1.54, 1.807) is 4.68 Å². The third kappa shape index (κ3) is 4.88. The Morgan fingerprint density at radius 3 is 2.85 bits per heavy atom. The lowest BCUT2D eigenvalue weighted by Gasteiger charge is -2.36. The summed E-state index contributed by atoms with van der Waals surface area (Å²) in [6.45, 7) is 4.81. The first-order chi connectivity index (χ1) is 16.0. The van der Waals surface area contributed by atoms with Gasteiger partial charge in [-0.3, -0.25) is 9.48 Å². The van der Waals surface area contributed by atoms with Gasteiger partial charge in [0.25, 0.3) is 5.91 Å². The van der Waals surface area contributed by atoms with E-state index < -0.39 is 11.8 Å². The minimum absolute atomic E-state index is 0.00225. The van der Waals surface area contributed by atoms with Crippen LogP contribution in [0.1, 0.15) is 58.3 Å². The molecule has 1 aromatic carbocycles. The molecule has 1 N–H and O–H groups in total. The van der Waals surface area contributed by atoms with Crippen molar-refractivity contribution in [2.75, 3.05) is 33.5 Å².